The molecule has 0 saturated carbocycles. The number of carbonyl (C=O) groups is 3. The molecule has 43 heavy (non-hydrogen) atoms. The zero-order chi connectivity index (χ0) is 30.3. The fourth-order valence-corrected chi connectivity index (χ4v) is 6.61. The minimum absolute atomic E-state index is 0.0808. The standard InChI is InChI=1S/C32H41BrN6O4/c1-21(40)29-26-17-24(25-18-34-22(2)35-19-25)16-23-12-10-8-6-4-3-5-7-9-11-15-43-27-13-14-38(31(27)32(42)36-33)28(41)20-39(37-29)30(23)26/h16-19,27,31H,3-15,20H2,1-2H3,(H,36,42)/t27-,31+/m1/s1. The third kappa shape index (κ3) is 7.32. The highest BCUT2D eigenvalue weighted by Gasteiger charge is 2.42. The third-order valence-corrected chi connectivity index (χ3v) is 8.99. The molecular weight excluding hydrogens is 612 g/mol. The number of hydrogen-bond acceptors (Lipinski definition) is 7. The number of aryl methyl sites for hydroxylation is 2. The Labute approximate surface area is 261 Å². The normalized spacial score (nSPS) is 21.1. The minimum atomic E-state index is -0.737. The Bertz CT molecular complexity index is 1460. The van der Waals surface area contributed by atoms with Crippen LogP contribution in [0, 0.1) is 6.92 Å². The molecule has 1 saturated heterocycles. The summed E-state index contributed by atoms with van der Waals surface area (Å²) < 4.78 is 10.4. The maximum Gasteiger partial charge on any atom is 0.255 e. The van der Waals surface area contributed by atoms with Gasteiger partial charge in [-0.1, -0.05) is 44.9 Å². The number of amides is 2. The minimum Gasteiger partial charge on any atom is -0.375 e. The predicted octanol–water partition coefficient (Wildman–Crippen LogP) is 5.48. The molecule has 4 heterocycles. The van der Waals surface area contributed by atoms with Gasteiger partial charge in [0.1, 0.15) is 24.1 Å². The van der Waals surface area contributed by atoms with Crippen LogP contribution in [-0.2, 0) is 27.3 Å². The zero-order valence-corrected chi connectivity index (χ0v) is 26.7. The molecule has 0 radical (unpaired) electrons. The molecule has 0 aliphatic carbocycles. The summed E-state index contributed by atoms with van der Waals surface area (Å²) in [7, 11) is 0. The molecule has 1 fully saturated rings. The summed E-state index contributed by atoms with van der Waals surface area (Å²) >= 11 is 3.07. The van der Waals surface area contributed by atoms with Crippen molar-refractivity contribution in [1.29, 1.82) is 0 Å². The number of nitrogens with zero attached hydrogens (tertiary/aromatic N) is 5. The van der Waals surface area contributed by atoms with Gasteiger partial charge < -0.3 is 9.64 Å². The summed E-state index contributed by atoms with van der Waals surface area (Å²) in [6.07, 6.45) is 14.8. The van der Waals surface area contributed by atoms with Gasteiger partial charge in [0.05, 0.1) is 11.6 Å². The number of halogens is 1. The van der Waals surface area contributed by atoms with Gasteiger partial charge in [-0.2, -0.15) is 5.10 Å². The van der Waals surface area contributed by atoms with Crippen LogP contribution in [-0.4, -0.2) is 67.5 Å². The summed E-state index contributed by atoms with van der Waals surface area (Å²) in [5.74, 6) is -0.0224. The highest BCUT2D eigenvalue weighted by Crippen LogP contribution is 2.32. The van der Waals surface area contributed by atoms with Crippen molar-refractivity contribution < 1.29 is 19.1 Å². The summed E-state index contributed by atoms with van der Waals surface area (Å²) in [5.41, 5.74) is 3.93. The Kier molecular flexibility index (Phi) is 10.6. The lowest BCUT2D eigenvalue weighted by atomic mass is 9.96. The molecule has 5 rings (SSSR count). The van der Waals surface area contributed by atoms with Gasteiger partial charge in [-0.3, -0.25) is 23.4 Å². The monoisotopic (exact) mass is 652 g/mol. The van der Waals surface area contributed by atoms with Crippen LogP contribution in [0.15, 0.2) is 24.5 Å². The Morgan fingerprint density at radius 1 is 0.977 bits per heavy atom. The van der Waals surface area contributed by atoms with E-state index in [4.69, 9.17) is 9.84 Å². The number of benzene rings is 1. The largest absolute Gasteiger partial charge is 0.375 e. The van der Waals surface area contributed by atoms with Crippen molar-refractivity contribution in [3.63, 3.8) is 0 Å². The SMILES string of the molecule is CC(=O)c1nn2c3c(cc(-c4cnc(C)nc4)cc13)CCCCCCCCCCCO[C@@H]1CCN(C(=O)C2)[C@@H]1C(=O)NBr. The van der Waals surface area contributed by atoms with Crippen molar-refractivity contribution in [1.82, 2.24) is 29.0 Å². The van der Waals surface area contributed by atoms with Crippen molar-refractivity contribution in [3.05, 3.63) is 41.6 Å². The topological polar surface area (TPSA) is 119 Å². The second-order valence-corrected chi connectivity index (χ2v) is 12.1. The van der Waals surface area contributed by atoms with E-state index in [1.807, 2.05) is 13.0 Å². The number of ether oxygens (including phenoxy) is 1. The van der Waals surface area contributed by atoms with Gasteiger partial charge in [0.15, 0.2) is 5.78 Å². The highest BCUT2D eigenvalue weighted by molar-refractivity contribution is 9.08. The summed E-state index contributed by atoms with van der Waals surface area (Å²) in [5, 5.41) is 5.41. The molecule has 1 aromatic carbocycles. The summed E-state index contributed by atoms with van der Waals surface area (Å²) in [6, 6.07) is 3.34. The molecule has 2 atom stereocenters. The molecular formula is C32H41BrN6O4. The van der Waals surface area contributed by atoms with E-state index in [0.717, 1.165) is 54.3 Å². The molecule has 2 aliphatic rings. The Morgan fingerprint density at radius 2 is 1.65 bits per heavy atom. The van der Waals surface area contributed by atoms with E-state index in [2.05, 4.69) is 36.5 Å². The van der Waals surface area contributed by atoms with Crippen LogP contribution in [0.2, 0.25) is 0 Å². The fourth-order valence-electron chi connectivity index (χ4n) is 6.37. The molecule has 2 aliphatic heterocycles. The van der Waals surface area contributed by atoms with Gasteiger partial charge in [0.25, 0.3) is 5.91 Å². The number of nitrogens with one attached hydrogen (secondary N) is 1. The van der Waals surface area contributed by atoms with E-state index in [0.29, 0.717) is 36.5 Å². The lowest BCUT2D eigenvalue weighted by Gasteiger charge is -2.26. The molecule has 2 bridgehead atoms. The number of ketones is 1. The van der Waals surface area contributed by atoms with Gasteiger partial charge in [-0.25, -0.2) is 9.97 Å². The molecule has 1 N–H and O–H groups in total. The van der Waals surface area contributed by atoms with Gasteiger partial charge >= 0.3 is 0 Å². The van der Waals surface area contributed by atoms with Crippen molar-refractivity contribution in [2.24, 2.45) is 0 Å². The van der Waals surface area contributed by atoms with E-state index >= 15 is 0 Å². The number of Topliss-reactive ketones (excluding diaryl/α,β-unsaturated/α-hetero) is 1. The van der Waals surface area contributed by atoms with Crippen molar-refractivity contribution in [2.45, 2.75) is 103 Å². The van der Waals surface area contributed by atoms with E-state index in [9.17, 15) is 14.4 Å². The van der Waals surface area contributed by atoms with E-state index in [-0.39, 0.29) is 30.2 Å². The number of rotatable bonds is 3. The van der Waals surface area contributed by atoms with Crippen molar-refractivity contribution >= 4 is 44.6 Å². The van der Waals surface area contributed by atoms with Gasteiger partial charge in [0, 0.05) is 59.6 Å². The van der Waals surface area contributed by atoms with Crippen LogP contribution in [0.4, 0.5) is 0 Å². The molecule has 0 unspecified atom stereocenters. The first-order valence-electron chi connectivity index (χ1n) is 15.5. The van der Waals surface area contributed by atoms with Crippen molar-refractivity contribution in [2.75, 3.05) is 13.2 Å². The molecule has 2 aromatic heterocycles. The average molecular weight is 654 g/mol. The quantitative estimate of drug-likeness (QED) is 0.294. The Morgan fingerprint density at radius 3 is 2.33 bits per heavy atom. The van der Waals surface area contributed by atoms with Gasteiger partial charge in [-0.15, -0.1) is 0 Å². The molecule has 2 amide bonds. The van der Waals surface area contributed by atoms with Crippen LogP contribution >= 0.6 is 16.1 Å². The summed E-state index contributed by atoms with van der Waals surface area (Å²) in [6.45, 7) is 4.25. The Balaban J connectivity index is 1.55. The maximum absolute atomic E-state index is 13.8. The first-order chi connectivity index (χ1) is 20.9. The Hall–Kier alpha value is -3.18. The number of carbonyl (C=O) groups excluding carboxylic acids is 3. The number of aromatic nitrogens is 4. The van der Waals surface area contributed by atoms with Crippen LogP contribution in [0.3, 0.4) is 0 Å². The van der Waals surface area contributed by atoms with E-state index in [1.54, 1.807) is 22.0 Å². The van der Waals surface area contributed by atoms with Crippen LogP contribution in [0.25, 0.3) is 22.0 Å². The highest BCUT2D eigenvalue weighted by atomic mass is 79.9. The average Bonchev–Trinajstić information content (AvgIpc) is 3.59. The lowest BCUT2D eigenvalue weighted by molar-refractivity contribution is -0.141. The lowest BCUT2D eigenvalue weighted by Crippen LogP contribution is -2.49. The van der Waals surface area contributed by atoms with E-state index in [1.165, 1.54) is 39.0 Å². The van der Waals surface area contributed by atoms with Crippen LogP contribution in [0.5, 0.6) is 0 Å². The number of hydrogen-bond donors (Lipinski definition) is 1. The molecule has 3 aromatic rings. The smallest absolute Gasteiger partial charge is 0.255 e. The molecule has 230 valence electrons. The first kappa shape index (κ1) is 31.3. The fraction of sp³-hybridized carbons (Fsp3) is 0.562. The van der Waals surface area contributed by atoms with E-state index < -0.39 is 6.04 Å². The predicted molar refractivity (Wildman–Crippen MR) is 168 cm³/mol. The maximum atomic E-state index is 13.8. The second kappa shape index (κ2) is 14.5. The first-order valence-corrected chi connectivity index (χ1v) is 16.3. The van der Waals surface area contributed by atoms with Gasteiger partial charge in [0.2, 0.25) is 5.91 Å². The molecule has 10 nitrogen and oxygen atoms in total. The molecule has 0 spiro atoms. The second-order valence-electron chi connectivity index (χ2n) is 11.7. The summed E-state index contributed by atoms with van der Waals surface area (Å²) in [4.78, 5) is 50.0. The van der Waals surface area contributed by atoms with Crippen molar-refractivity contribution in [3.8, 4) is 11.1 Å². The number of fused-ring (bicyclic) bond motifs is 2. The zero-order valence-electron chi connectivity index (χ0n) is 25.1. The van der Waals surface area contributed by atoms with Crippen LogP contribution < -0.4 is 4.34 Å². The van der Waals surface area contributed by atoms with Gasteiger partial charge in [-0.05, 0) is 55.9 Å². The van der Waals surface area contributed by atoms with Crippen LogP contribution in [0.1, 0.15) is 93.0 Å². The molecule has 11 heteroatoms. The third-order valence-electron chi connectivity index (χ3n) is 8.60.